The van der Waals surface area contributed by atoms with Crippen LogP contribution in [0.2, 0.25) is 10.0 Å². The first-order chi connectivity index (χ1) is 9.29. The molecule has 0 radical (unpaired) electrons. The lowest BCUT2D eigenvalue weighted by Crippen LogP contribution is -2.27. The van der Waals surface area contributed by atoms with E-state index in [1.54, 1.807) is 24.3 Å². The third kappa shape index (κ3) is 3.22. The predicted octanol–water partition coefficient (Wildman–Crippen LogP) is 3.90. The van der Waals surface area contributed by atoms with E-state index < -0.39 is 0 Å². The molecule has 0 atom stereocenters. The van der Waals surface area contributed by atoms with Crippen molar-refractivity contribution >= 4 is 23.2 Å². The van der Waals surface area contributed by atoms with Gasteiger partial charge in [-0.05, 0) is 18.2 Å². The molecular weight excluding hydrogens is 295 g/mol. The molecule has 1 aromatic heterocycles. The first kappa shape index (κ1) is 15.1. The summed E-state index contributed by atoms with van der Waals surface area (Å²) in [5.41, 5.74) is 1.26. The van der Waals surface area contributed by atoms with Crippen molar-refractivity contribution in [3.8, 4) is 0 Å². The van der Waals surface area contributed by atoms with Gasteiger partial charge in [-0.15, -0.1) is 0 Å². The van der Waals surface area contributed by atoms with Crippen molar-refractivity contribution in [2.24, 2.45) is 0 Å². The molecular formula is C15H16Cl2N2O. The van der Waals surface area contributed by atoms with Crippen molar-refractivity contribution in [2.45, 2.75) is 32.7 Å². The molecule has 0 saturated heterocycles. The summed E-state index contributed by atoms with van der Waals surface area (Å²) in [6, 6.07) is 8.56. The van der Waals surface area contributed by atoms with E-state index in [2.05, 4.69) is 5.10 Å². The van der Waals surface area contributed by atoms with Crippen molar-refractivity contribution in [3.63, 3.8) is 0 Å². The molecule has 3 nitrogen and oxygen atoms in total. The van der Waals surface area contributed by atoms with E-state index in [-0.39, 0.29) is 17.5 Å². The van der Waals surface area contributed by atoms with Crippen molar-refractivity contribution in [3.05, 3.63) is 62.0 Å². The third-order valence-electron chi connectivity index (χ3n) is 3.00. The van der Waals surface area contributed by atoms with Gasteiger partial charge in [0.05, 0.1) is 12.2 Å². The summed E-state index contributed by atoms with van der Waals surface area (Å²) < 4.78 is 1.40. The second-order valence-electron chi connectivity index (χ2n) is 5.66. The van der Waals surface area contributed by atoms with Crippen LogP contribution in [0.3, 0.4) is 0 Å². The first-order valence-electron chi connectivity index (χ1n) is 6.30. The molecule has 0 bridgehead atoms. The zero-order chi connectivity index (χ0) is 14.9. The number of halogens is 2. The summed E-state index contributed by atoms with van der Waals surface area (Å²) in [7, 11) is 0. The second-order valence-corrected chi connectivity index (χ2v) is 6.48. The predicted molar refractivity (Wildman–Crippen MR) is 82.8 cm³/mol. The van der Waals surface area contributed by atoms with Crippen LogP contribution in [0.1, 0.15) is 32.0 Å². The zero-order valence-electron chi connectivity index (χ0n) is 11.7. The highest BCUT2D eigenvalue weighted by Crippen LogP contribution is 2.25. The Morgan fingerprint density at radius 3 is 2.25 bits per heavy atom. The third-order valence-corrected chi connectivity index (χ3v) is 3.71. The maximum Gasteiger partial charge on any atom is 0.267 e. The van der Waals surface area contributed by atoms with Crippen LogP contribution in [0.4, 0.5) is 0 Å². The number of aromatic nitrogens is 2. The van der Waals surface area contributed by atoms with Gasteiger partial charge in [-0.3, -0.25) is 4.79 Å². The fourth-order valence-corrected chi connectivity index (χ4v) is 2.31. The van der Waals surface area contributed by atoms with Crippen LogP contribution in [0.15, 0.2) is 35.1 Å². The standard InChI is InChI=1S/C15H16Cl2N2O/c1-15(2,3)13-7-8-14(20)19(18-13)9-10-11(16)5-4-6-12(10)17/h4-8H,9H2,1-3H3. The van der Waals surface area contributed by atoms with Crippen LogP contribution >= 0.6 is 23.2 Å². The number of rotatable bonds is 2. The summed E-state index contributed by atoms with van der Waals surface area (Å²) in [6.45, 7) is 6.41. The molecule has 0 N–H and O–H groups in total. The van der Waals surface area contributed by atoms with E-state index in [9.17, 15) is 4.79 Å². The van der Waals surface area contributed by atoms with Crippen molar-refractivity contribution < 1.29 is 0 Å². The van der Waals surface area contributed by atoms with Crippen molar-refractivity contribution in [1.82, 2.24) is 9.78 Å². The number of benzene rings is 1. The van der Waals surface area contributed by atoms with Crippen molar-refractivity contribution in [1.29, 1.82) is 0 Å². The van der Waals surface area contributed by atoms with Crippen LogP contribution in [0, 0.1) is 0 Å². The lowest BCUT2D eigenvalue weighted by molar-refractivity contribution is 0.518. The van der Waals surface area contributed by atoms with Gasteiger partial charge in [0.15, 0.2) is 0 Å². The van der Waals surface area contributed by atoms with E-state index in [0.717, 1.165) is 5.69 Å². The van der Waals surface area contributed by atoms with E-state index in [1.165, 1.54) is 10.7 Å². The van der Waals surface area contributed by atoms with Gasteiger partial charge in [-0.1, -0.05) is 50.0 Å². The van der Waals surface area contributed by atoms with Gasteiger partial charge < -0.3 is 0 Å². The Balaban J connectivity index is 2.46. The van der Waals surface area contributed by atoms with Gasteiger partial charge in [0.2, 0.25) is 0 Å². The molecule has 0 aliphatic rings. The Labute approximate surface area is 128 Å². The summed E-state index contributed by atoms with van der Waals surface area (Å²) in [5, 5.41) is 5.48. The average molecular weight is 311 g/mol. The Morgan fingerprint density at radius 1 is 1.10 bits per heavy atom. The fraction of sp³-hybridized carbons (Fsp3) is 0.333. The highest BCUT2D eigenvalue weighted by molar-refractivity contribution is 6.35. The molecule has 5 heteroatoms. The molecule has 1 aromatic carbocycles. The highest BCUT2D eigenvalue weighted by Gasteiger charge is 2.17. The summed E-state index contributed by atoms with van der Waals surface area (Å²) in [5.74, 6) is 0. The molecule has 0 saturated carbocycles. The summed E-state index contributed by atoms with van der Waals surface area (Å²) in [4.78, 5) is 11.9. The number of hydrogen-bond donors (Lipinski definition) is 0. The maximum atomic E-state index is 11.9. The number of hydrogen-bond acceptors (Lipinski definition) is 2. The normalized spacial score (nSPS) is 11.7. The fourth-order valence-electron chi connectivity index (χ4n) is 1.80. The molecule has 0 amide bonds. The smallest absolute Gasteiger partial charge is 0.267 e. The molecule has 0 unspecified atom stereocenters. The average Bonchev–Trinajstić information content (AvgIpc) is 2.34. The largest absolute Gasteiger partial charge is 0.268 e. The van der Waals surface area contributed by atoms with E-state index in [4.69, 9.17) is 23.2 Å². The van der Waals surface area contributed by atoms with Gasteiger partial charge in [-0.25, -0.2) is 4.68 Å². The Hall–Kier alpha value is -1.32. The number of nitrogens with zero attached hydrogens (tertiary/aromatic N) is 2. The van der Waals surface area contributed by atoms with Gasteiger partial charge in [0, 0.05) is 27.1 Å². The van der Waals surface area contributed by atoms with Gasteiger partial charge in [-0.2, -0.15) is 5.10 Å². The van der Waals surface area contributed by atoms with E-state index in [0.29, 0.717) is 15.6 Å². The maximum absolute atomic E-state index is 11.9. The topological polar surface area (TPSA) is 34.9 Å². The minimum atomic E-state index is -0.172. The van der Waals surface area contributed by atoms with Crippen LogP contribution in [0.25, 0.3) is 0 Å². The molecule has 0 fully saturated rings. The second kappa shape index (κ2) is 5.58. The minimum Gasteiger partial charge on any atom is -0.268 e. The SMILES string of the molecule is CC(C)(C)c1ccc(=O)n(Cc2c(Cl)cccc2Cl)n1. The molecule has 2 rings (SSSR count). The minimum absolute atomic E-state index is 0.125. The Kier molecular flexibility index (Phi) is 4.21. The molecule has 106 valence electrons. The van der Waals surface area contributed by atoms with Crippen LogP contribution in [-0.4, -0.2) is 9.78 Å². The van der Waals surface area contributed by atoms with E-state index in [1.807, 2.05) is 20.8 Å². The van der Waals surface area contributed by atoms with Crippen LogP contribution in [0.5, 0.6) is 0 Å². The molecule has 2 aromatic rings. The van der Waals surface area contributed by atoms with Crippen LogP contribution < -0.4 is 5.56 Å². The Morgan fingerprint density at radius 2 is 1.70 bits per heavy atom. The summed E-state index contributed by atoms with van der Waals surface area (Å²) >= 11 is 12.3. The Bertz CT molecular complexity index is 667. The first-order valence-corrected chi connectivity index (χ1v) is 7.06. The van der Waals surface area contributed by atoms with Gasteiger partial charge in [0.25, 0.3) is 5.56 Å². The molecule has 20 heavy (non-hydrogen) atoms. The molecule has 0 aliphatic carbocycles. The summed E-state index contributed by atoms with van der Waals surface area (Å²) in [6.07, 6.45) is 0. The monoisotopic (exact) mass is 310 g/mol. The molecule has 0 aliphatic heterocycles. The van der Waals surface area contributed by atoms with Gasteiger partial charge in [0.1, 0.15) is 0 Å². The lowest BCUT2D eigenvalue weighted by atomic mass is 9.92. The molecule has 1 heterocycles. The van der Waals surface area contributed by atoms with Gasteiger partial charge >= 0.3 is 0 Å². The zero-order valence-corrected chi connectivity index (χ0v) is 13.2. The lowest BCUT2D eigenvalue weighted by Gasteiger charge is -2.18. The molecule has 0 spiro atoms. The van der Waals surface area contributed by atoms with Crippen LogP contribution in [-0.2, 0) is 12.0 Å². The highest BCUT2D eigenvalue weighted by atomic mass is 35.5. The van der Waals surface area contributed by atoms with E-state index >= 15 is 0 Å². The van der Waals surface area contributed by atoms with Crippen molar-refractivity contribution in [2.75, 3.05) is 0 Å². The quantitative estimate of drug-likeness (QED) is 0.843.